The minimum absolute atomic E-state index is 0.00185. The van der Waals surface area contributed by atoms with Crippen molar-refractivity contribution in [2.45, 2.75) is 13.5 Å². The van der Waals surface area contributed by atoms with E-state index in [0.29, 0.717) is 12.4 Å². The highest BCUT2D eigenvalue weighted by molar-refractivity contribution is 6.28. The molecule has 0 saturated heterocycles. The molecule has 0 aromatic heterocycles. The van der Waals surface area contributed by atoms with Gasteiger partial charge >= 0.3 is 0 Å². The first-order valence-electron chi connectivity index (χ1n) is 6.95. The van der Waals surface area contributed by atoms with Gasteiger partial charge in [-0.15, -0.1) is 11.6 Å². The standard InChI is InChI=1S/C17H17ClN2O3/c1-11(21)13-7-8-14(16(17(13)22)20-15(19)9-18)23-10-12-5-3-2-4-6-12/h2-8,22H,9-10H2,1H3,(H2,19,20). The van der Waals surface area contributed by atoms with Crippen LogP contribution in [0.2, 0.25) is 0 Å². The number of aliphatic imine (C=N–C) groups is 1. The summed E-state index contributed by atoms with van der Waals surface area (Å²) < 4.78 is 5.71. The van der Waals surface area contributed by atoms with Gasteiger partial charge < -0.3 is 15.6 Å². The van der Waals surface area contributed by atoms with E-state index in [9.17, 15) is 9.90 Å². The molecule has 23 heavy (non-hydrogen) atoms. The van der Waals surface area contributed by atoms with Gasteiger partial charge in [0, 0.05) is 0 Å². The Labute approximate surface area is 139 Å². The highest BCUT2D eigenvalue weighted by Crippen LogP contribution is 2.40. The highest BCUT2D eigenvalue weighted by atomic mass is 35.5. The van der Waals surface area contributed by atoms with E-state index >= 15 is 0 Å². The molecule has 2 aromatic carbocycles. The van der Waals surface area contributed by atoms with Gasteiger partial charge in [-0.1, -0.05) is 30.3 Å². The molecular weight excluding hydrogens is 316 g/mol. The number of Topliss-reactive ketones (excluding diaryl/α,β-unsaturated/α-hetero) is 1. The normalized spacial score (nSPS) is 11.3. The van der Waals surface area contributed by atoms with E-state index in [1.807, 2.05) is 30.3 Å². The Balaban J connectivity index is 2.38. The first-order valence-corrected chi connectivity index (χ1v) is 7.49. The predicted octanol–water partition coefficient (Wildman–Crippen LogP) is 3.40. The second-order valence-electron chi connectivity index (χ2n) is 4.88. The molecule has 0 atom stereocenters. The minimum Gasteiger partial charge on any atom is -0.505 e. The number of nitrogens with two attached hydrogens (primary N) is 1. The quantitative estimate of drug-likeness (QED) is 0.367. The van der Waals surface area contributed by atoms with Crippen LogP contribution >= 0.6 is 11.6 Å². The van der Waals surface area contributed by atoms with Crippen molar-refractivity contribution in [3.63, 3.8) is 0 Å². The first-order chi connectivity index (χ1) is 11.0. The summed E-state index contributed by atoms with van der Waals surface area (Å²) in [5, 5.41) is 10.3. The third-order valence-electron chi connectivity index (χ3n) is 3.12. The van der Waals surface area contributed by atoms with E-state index < -0.39 is 0 Å². The van der Waals surface area contributed by atoms with E-state index in [4.69, 9.17) is 22.1 Å². The summed E-state index contributed by atoms with van der Waals surface area (Å²) in [7, 11) is 0. The van der Waals surface area contributed by atoms with Gasteiger partial charge in [-0.3, -0.25) is 4.79 Å². The van der Waals surface area contributed by atoms with Crippen LogP contribution in [0.5, 0.6) is 11.5 Å². The summed E-state index contributed by atoms with van der Waals surface area (Å²) in [6.07, 6.45) is 0. The van der Waals surface area contributed by atoms with Crippen molar-refractivity contribution in [1.29, 1.82) is 0 Å². The summed E-state index contributed by atoms with van der Waals surface area (Å²) in [6.45, 7) is 1.65. The lowest BCUT2D eigenvalue weighted by Crippen LogP contribution is -2.12. The van der Waals surface area contributed by atoms with Crippen LogP contribution in [0.15, 0.2) is 47.5 Å². The summed E-state index contributed by atoms with van der Waals surface area (Å²) in [5.74, 6) is -0.104. The third kappa shape index (κ3) is 4.23. The second-order valence-corrected chi connectivity index (χ2v) is 5.14. The molecule has 0 aliphatic rings. The van der Waals surface area contributed by atoms with Gasteiger partial charge in [0.1, 0.15) is 23.9 Å². The fraction of sp³-hybridized carbons (Fsp3) is 0.176. The van der Waals surface area contributed by atoms with Crippen molar-refractivity contribution in [3.8, 4) is 11.5 Å². The van der Waals surface area contributed by atoms with E-state index in [0.717, 1.165) is 5.56 Å². The highest BCUT2D eigenvalue weighted by Gasteiger charge is 2.16. The Kier molecular flexibility index (Phi) is 5.60. The second kappa shape index (κ2) is 7.65. The van der Waals surface area contributed by atoms with Crippen LogP contribution < -0.4 is 10.5 Å². The summed E-state index contributed by atoms with van der Waals surface area (Å²) in [6, 6.07) is 12.6. The van der Waals surface area contributed by atoms with Gasteiger partial charge in [-0.2, -0.15) is 0 Å². The minimum atomic E-state index is -0.280. The Morgan fingerprint density at radius 3 is 2.57 bits per heavy atom. The molecule has 5 nitrogen and oxygen atoms in total. The molecule has 2 rings (SSSR count). The van der Waals surface area contributed by atoms with Crippen LogP contribution in [0, 0.1) is 0 Å². The van der Waals surface area contributed by atoms with Crippen LogP contribution in [0.1, 0.15) is 22.8 Å². The lowest BCUT2D eigenvalue weighted by Gasteiger charge is -2.12. The average Bonchev–Trinajstić information content (AvgIpc) is 2.55. The number of ketones is 1. The number of phenols is 1. The Bertz CT molecular complexity index is 730. The molecule has 0 amide bonds. The SMILES string of the molecule is CC(=O)c1ccc(OCc2ccccc2)c(N=C(N)CCl)c1O. The van der Waals surface area contributed by atoms with Crippen molar-refractivity contribution >= 4 is 28.9 Å². The molecule has 0 heterocycles. The zero-order chi connectivity index (χ0) is 16.8. The van der Waals surface area contributed by atoms with Gasteiger partial charge in [0.05, 0.1) is 11.4 Å². The number of hydrogen-bond donors (Lipinski definition) is 2. The number of rotatable bonds is 6. The average molecular weight is 333 g/mol. The molecule has 0 saturated carbocycles. The van der Waals surface area contributed by atoms with Crippen LogP contribution in [0.3, 0.4) is 0 Å². The Morgan fingerprint density at radius 1 is 1.26 bits per heavy atom. The Morgan fingerprint density at radius 2 is 1.96 bits per heavy atom. The maximum atomic E-state index is 11.6. The number of aromatic hydroxyl groups is 1. The predicted molar refractivity (Wildman–Crippen MR) is 90.9 cm³/mol. The number of amidine groups is 1. The zero-order valence-electron chi connectivity index (χ0n) is 12.6. The smallest absolute Gasteiger partial charge is 0.163 e. The first kappa shape index (κ1) is 16.8. The van der Waals surface area contributed by atoms with E-state index in [2.05, 4.69) is 4.99 Å². The molecule has 6 heteroatoms. The fourth-order valence-corrected chi connectivity index (χ4v) is 2.04. The van der Waals surface area contributed by atoms with Gasteiger partial charge in [-0.25, -0.2) is 4.99 Å². The van der Waals surface area contributed by atoms with Crippen molar-refractivity contribution in [2.75, 3.05) is 5.88 Å². The number of carbonyl (C=O) groups is 1. The van der Waals surface area contributed by atoms with Crippen LogP contribution in [-0.2, 0) is 6.61 Å². The fourth-order valence-electron chi connectivity index (χ4n) is 1.98. The number of nitrogens with zero attached hydrogens (tertiary/aromatic N) is 1. The Hall–Kier alpha value is -2.53. The molecule has 0 aliphatic carbocycles. The summed E-state index contributed by atoms with van der Waals surface area (Å²) >= 11 is 5.64. The number of halogens is 1. The van der Waals surface area contributed by atoms with Crippen LogP contribution in [-0.4, -0.2) is 22.6 Å². The van der Waals surface area contributed by atoms with Crippen molar-refractivity contribution in [3.05, 3.63) is 53.6 Å². The molecule has 0 spiro atoms. The van der Waals surface area contributed by atoms with Crippen LogP contribution in [0.4, 0.5) is 5.69 Å². The summed E-state index contributed by atoms with van der Waals surface area (Å²) in [5.41, 5.74) is 6.86. The van der Waals surface area contributed by atoms with E-state index in [1.54, 1.807) is 6.07 Å². The van der Waals surface area contributed by atoms with Crippen LogP contribution in [0.25, 0.3) is 0 Å². The maximum Gasteiger partial charge on any atom is 0.163 e. The van der Waals surface area contributed by atoms with E-state index in [-0.39, 0.29) is 34.5 Å². The number of carbonyl (C=O) groups excluding carboxylic acids is 1. The monoisotopic (exact) mass is 332 g/mol. The number of benzene rings is 2. The van der Waals surface area contributed by atoms with Gasteiger partial charge in [0.2, 0.25) is 0 Å². The topological polar surface area (TPSA) is 84.9 Å². The molecule has 2 aromatic rings. The molecule has 0 radical (unpaired) electrons. The molecule has 3 N–H and O–H groups in total. The lowest BCUT2D eigenvalue weighted by molar-refractivity contribution is 0.101. The zero-order valence-corrected chi connectivity index (χ0v) is 13.4. The van der Waals surface area contributed by atoms with Gasteiger partial charge in [0.25, 0.3) is 0 Å². The summed E-state index contributed by atoms with van der Waals surface area (Å²) in [4.78, 5) is 15.6. The largest absolute Gasteiger partial charge is 0.505 e. The molecule has 0 fully saturated rings. The molecule has 0 unspecified atom stereocenters. The lowest BCUT2D eigenvalue weighted by atomic mass is 10.1. The number of phenolic OH excluding ortho intramolecular Hbond substituents is 1. The molecule has 0 bridgehead atoms. The molecular formula is C17H17ClN2O3. The van der Waals surface area contributed by atoms with Crippen molar-refractivity contribution < 1.29 is 14.6 Å². The number of ether oxygens (including phenoxy) is 1. The molecule has 0 aliphatic heterocycles. The number of hydrogen-bond acceptors (Lipinski definition) is 4. The molecule has 120 valence electrons. The van der Waals surface area contributed by atoms with Gasteiger partial charge in [0.15, 0.2) is 11.5 Å². The van der Waals surface area contributed by atoms with Crippen molar-refractivity contribution in [2.24, 2.45) is 10.7 Å². The maximum absolute atomic E-state index is 11.6. The van der Waals surface area contributed by atoms with Gasteiger partial charge in [-0.05, 0) is 24.6 Å². The third-order valence-corrected chi connectivity index (χ3v) is 3.40. The van der Waals surface area contributed by atoms with Crippen molar-refractivity contribution in [1.82, 2.24) is 0 Å². The van der Waals surface area contributed by atoms with E-state index in [1.165, 1.54) is 13.0 Å². The number of alkyl halides is 1.